The zero-order valence-electron chi connectivity index (χ0n) is 18.7. The number of piperidine rings is 1. The minimum Gasteiger partial charge on any atom is -0.497 e. The number of rotatable bonds is 7. The Morgan fingerprint density at radius 2 is 1.97 bits per heavy atom. The number of nitrogens with zero attached hydrogens (tertiary/aromatic N) is 1. The third-order valence-electron chi connectivity index (χ3n) is 6.21. The van der Waals surface area contributed by atoms with Gasteiger partial charge in [0.25, 0.3) is 5.91 Å². The smallest absolute Gasteiger partial charge is 0.268 e. The number of aromatic amines is 1. The van der Waals surface area contributed by atoms with Crippen molar-refractivity contribution in [1.82, 2.24) is 15.2 Å². The lowest BCUT2D eigenvalue weighted by molar-refractivity contribution is 0.0886. The highest BCUT2D eigenvalue weighted by atomic mass is 16.5. The molecule has 0 bridgehead atoms. The number of methoxy groups -OCH3 is 1. The number of aryl methyl sites for hydroxylation is 1. The molecular formula is C24H33N3O3. The SMILES string of the molecule is CCc1c(C(=O)NCC2CCCN(C)C2c2ccc(OC)cc2)[nH]c(C)c1C(C)=O. The Labute approximate surface area is 179 Å². The summed E-state index contributed by atoms with van der Waals surface area (Å²) in [5, 5.41) is 3.13. The number of aromatic nitrogens is 1. The van der Waals surface area contributed by atoms with Gasteiger partial charge < -0.3 is 15.0 Å². The molecule has 1 fully saturated rings. The maximum Gasteiger partial charge on any atom is 0.268 e. The van der Waals surface area contributed by atoms with Gasteiger partial charge in [0.05, 0.1) is 7.11 Å². The van der Waals surface area contributed by atoms with E-state index in [4.69, 9.17) is 4.74 Å². The van der Waals surface area contributed by atoms with Gasteiger partial charge >= 0.3 is 0 Å². The van der Waals surface area contributed by atoms with Crippen LogP contribution in [-0.2, 0) is 6.42 Å². The third-order valence-corrected chi connectivity index (χ3v) is 6.21. The van der Waals surface area contributed by atoms with Gasteiger partial charge in [-0.3, -0.25) is 14.5 Å². The Balaban J connectivity index is 1.76. The number of Topliss-reactive ketones (excluding diaryl/α,β-unsaturated/α-hetero) is 1. The average Bonchev–Trinajstić information content (AvgIpc) is 3.08. The highest BCUT2D eigenvalue weighted by Crippen LogP contribution is 2.35. The second-order valence-corrected chi connectivity index (χ2v) is 8.20. The third kappa shape index (κ3) is 4.43. The molecule has 1 aliphatic rings. The zero-order valence-corrected chi connectivity index (χ0v) is 18.7. The van der Waals surface area contributed by atoms with Crippen molar-refractivity contribution in [2.45, 2.75) is 46.1 Å². The summed E-state index contributed by atoms with van der Waals surface area (Å²) in [7, 11) is 3.82. The lowest BCUT2D eigenvalue weighted by Crippen LogP contribution is -2.42. The van der Waals surface area contributed by atoms with Crippen LogP contribution in [0.2, 0.25) is 0 Å². The minimum atomic E-state index is -0.135. The molecule has 3 rings (SSSR count). The van der Waals surface area contributed by atoms with Crippen molar-refractivity contribution in [3.63, 3.8) is 0 Å². The molecule has 0 spiro atoms. The summed E-state index contributed by atoms with van der Waals surface area (Å²) >= 11 is 0. The molecule has 2 unspecified atom stereocenters. The number of carbonyl (C=O) groups excluding carboxylic acids is 2. The van der Waals surface area contributed by atoms with Crippen LogP contribution in [0.1, 0.15) is 70.4 Å². The number of nitrogens with one attached hydrogen (secondary N) is 2. The number of ether oxygens (including phenoxy) is 1. The molecule has 1 aromatic heterocycles. The lowest BCUT2D eigenvalue weighted by Gasteiger charge is -2.39. The minimum absolute atomic E-state index is 0.00637. The molecule has 2 N–H and O–H groups in total. The normalized spacial score (nSPS) is 19.5. The fraction of sp³-hybridized carbons (Fsp3) is 0.500. The largest absolute Gasteiger partial charge is 0.497 e. The number of carbonyl (C=O) groups is 2. The summed E-state index contributed by atoms with van der Waals surface area (Å²) in [4.78, 5) is 30.5. The molecule has 0 radical (unpaired) electrons. The van der Waals surface area contributed by atoms with E-state index in [1.807, 2.05) is 26.0 Å². The van der Waals surface area contributed by atoms with Crippen LogP contribution in [0, 0.1) is 12.8 Å². The van der Waals surface area contributed by atoms with Gasteiger partial charge in [-0.2, -0.15) is 0 Å². The summed E-state index contributed by atoms with van der Waals surface area (Å²) in [5.74, 6) is 1.02. The van der Waals surface area contributed by atoms with Gasteiger partial charge in [0.15, 0.2) is 5.78 Å². The standard InChI is InChI=1S/C24H33N3O3/c1-6-20-21(16(3)28)15(2)26-22(20)24(29)25-14-18-8-7-13-27(4)23(18)17-9-11-19(30-5)12-10-17/h9-12,18,23,26H,6-8,13-14H2,1-5H3,(H,25,29). The summed E-state index contributed by atoms with van der Waals surface area (Å²) in [6, 6.07) is 8.46. The molecule has 1 saturated heterocycles. The molecule has 30 heavy (non-hydrogen) atoms. The molecule has 2 atom stereocenters. The van der Waals surface area contributed by atoms with Crippen LogP contribution in [0.5, 0.6) is 5.75 Å². The van der Waals surface area contributed by atoms with E-state index in [2.05, 4.69) is 34.4 Å². The molecule has 2 aromatic rings. The number of benzene rings is 1. The van der Waals surface area contributed by atoms with Gasteiger partial charge in [0, 0.05) is 23.8 Å². The zero-order chi connectivity index (χ0) is 21.8. The summed E-state index contributed by atoms with van der Waals surface area (Å²) < 4.78 is 5.29. The van der Waals surface area contributed by atoms with Gasteiger partial charge in [0.1, 0.15) is 11.4 Å². The molecular weight excluding hydrogens is 378 g/mol. The van der Waals surface area contributed by atoms with Gasteiger partial charge in [-0.05, 0) is 75.9 Å². The Morgan fingerprint density at radius 3 is 2.57 bits per heavy atom. The van der Waals surface area contributed by atoms with E-state index in [1.54, 1.807) is 14.0 Å². The Kier molecular flexibility index (Phi) is 6.98. The van der Waals surface area contributed by atoms with Crippen molar-refractivity contribution >= 4 is 11.7 Å². The van der Waals surface area contributed by atoms with Crippen molar-refractivity contribution in [3.05, 3.63) is 52.3 Å². The maximum atomic E-state index is 13.0. The molecule has 0 saturated carbocycles. The van der Waals surface area contributed by atoms with Gasteiger partial charge in [-0.15, -0.1) is 0 Å². The first kappa shape index (κ1) is 22.1. The van der Waals surface area contributed by atoms with Crippen LogP contribution in [0.4, 0.5) is 0 Å². The van der Waals surface area contributed by atoms with Crippen molar-refractivity contribution in [1.29, 1.82) is 0 Å². The summed E-state index contributed by atoms with van der Waals surface area (Å²) in [6.45, 7) is 7.01. The first-order chi connectivity index (χ1) is 14.4. The van der Waals surface area contributed by atoms with E-state index >= 15 is 0 Å². The van der Waals surface area contributed by atoms with E-state index in [1.165, 1.54) is 5.56 Å². The molecule has 0 aliphatic carbocycles. The van der Waals surface area contributed by atoms with Gasteiger partial charge in [-0.25, -0.2) is 0 Å². The van der Waals surface area contributed by atoms with Crippen molar-refractivity contribution < 1.29 is 14.3 Å². The highest BCUT2D eigenvalue weighted by Gasteiger charge is 2.31. The molecule has 162 valence electrons. The highest BCUT2D eigenvalue weighted by molar-refractivity contribution is 6.02. The second-order valence-electron chi connectivity index (χ2n) is 8.20. The lowest BCUT2D eigenvalue weighted by atomic mass is 9.85. The Hall–Kier alpha value is -2.60. The number of ketones is 1. The van der Waals surface area contributed by atoms with Crippen LogP contribution in [0.3, 0.4) is 0 Å². The van der Waals surface area contributed by atoms with Crippen LogP contribution >= 0.6 is 0 Å². The maximum absolute atomic E-state index is 13.0. The van der Waals surface area contributed by atoms with Crippen LogP contribution in [0.25, 0.3) is 0 Å². The number of H-pyrrole nitrogens is 1. The van der Waals surface area contributed by atoms with Gasteiger partial charge in [-0.1, -0.05) is 19.1 Å². The van der Waals surface area contributed by atoms with Crippen LogP contribution < -0.4 is 10.1 Å². The summed E-state index contributed by atoms with van der Waals surface area (Å²) in [6.07, 6.45) is 2.81. The van der Waals surface area contributed by atoms with Crippen molar-refractivity contribution in [3.8, 4) is 5.75 Å². The average molecular weight is 412 g/mol. The Morgan fingerprint density at radius 1 is 1.27 bits per heavy atom. The number of likely N-dealkylation sites (tertiary alicyclic amines) is 1. The quantitative estimate of drug-likeness (QED) is 0.678. The topological polar surface area (TPSA) is 74.4 Å². The summed E-state index contributed by atoms with van der Waals surface area (Å²) in [5.41, 5.74) is 3.98. The number of hydrogen-bond donors (Lipinski definition) is 2. The van der Waals surface area contributed by atoms with E-state index in [0.29, 0.717) is 30.1 Å². The van der Waals surface area contributed by atoms with E-state index in [0.717, 1.165) is 36.4 Å². The van der Waals surface area contributed by atoms with Crippen LogP contribution in [-0.4, -0.2) is 48.8 Å². The number of hydrogen-bond acceptors (Lipinski definition) is 4. The second kappa shape index (κ2) is 9.47. The number of amides is 1. The predicted molar refractivity (Wildman–Crippen MR) is 118 cm³/mol. The fourth-order valence-electron chi connectivity index (χ4n) is 4.81. The van der Waals surface area contributed by atoms with E-state index in [-0.39, 0.29) is 17.7 Å². The van der Waals surface area contributed by atoms with Crippen LogP contribution in [0.15, 0.2) is 24.3 Å². The van der Waals surface area contributed by atoms with Gasteiger partial charge in [0.2, 0.25) is 0 Å². The molecule has 1 aliphatic heterocycles. The monoisotopic (exact) mass is 411 g/mol. The first-order valence-corrected chi connectivity index (χ1v) is 10.7. The molecule has 6 nitrogen and oxygen atoms in total. The molecule has 1 amide bonds. The first-order valence-electron chi connectivity index (χ1n) is 10.7. The van der Waals surface area contributed by atoms with E-state index in [9.17, 15) is 9.59 Å². The molecule has 1 aromatic carbocycles. The van der Waals surface area contributed by atoms with Crippen molar-refractivity contribution in [2.24, 2.45) is 5.92 Å². The van der Waals surface area contributed by atoms with Crippen molar-refractivity contribution in [2.75, 3.05) is 27.2 Å². The Bertz CT molecular complexity index is 901. The fourth-order valence-corrected chi connectivity index (χ4v) is 4.81. The van der Waals surface area contributed by atoms with E-state index < -0.39 is 0 Å². The molecule has 2 heterocycles. The molecule has 6 heteroatoms. The predicted octanol–water partition coefficient (Wildman–Crippen LogP) is 3.91.